The van der Waals surface area contributed by atoms with E-state index in [0.717, 1.165) is 14.2 Å². The SMILES string of the molecule is COC(=O)c1cc(N=C([O-])CN2CCN(CC(=O)[O-])CCN(CC(=O)O)CCN(CC(=O)[O-])CC2)cc(C(=O)OC)c1. The van der Waals surface area contributed by atoms with Crippen LogP contribution in [0, 0.1) is 0 Å². The number of ether oxygens (including phenoxy) is 2. The third-order valence-electron chi connectivity index (χ3n) is 6.37. The van der Waals surface area contributed by atoms with Gasteiger partial charge in [0.05, 0.1) is 49.5 Å². The van der Waals surface area contributed by atoms with Crippen LogP contribution in [0.15, 0.2) is 23.2 Å². The van der Waals surface area contributed by atoms with Gasteiger partial charge in [-0.3, -0.25) is 29.4 Å². The number of carbonyl (C=O) groups is 5. The lowest BCUT2D eigenvalue weighted by atomic mass is 10.1. The van der Waals surface area contributed by atoms with Crippen molar-refractivity contribution in [3.8, 4) is 0 Å². The molecular weight excluding hydrogens is 558 g/mol. The molecule has 16 heteroatoms. The van der Waals surface area contributed by atoms with E-state index in [1.54, 1.807) is 19.6 Å². The number of hydrogen-bond acceptors (Lipinski definition) is 15. The van der Waals surface area contributed by atoms with Gasteiger partial charge >= 0.3 is 17.9 Å². The molecule has 1 aromatic carbocycles. The normalized spacial score (nSPS) is 17.0. The van der Waals surface area contributed by atoms with Gasteiger partial charge in [-0.1, -0.05) is 0 Å². The second-order valence-corrected chi connectivity index (χ2v) is 9.50. The fourth-order valence-electron chi connectivity index (χ4n) is 4.29. The minimum atomic E-state index is -1.32. The number of esters is 2. The zero-order valence-electron chi connectivity index (χ0n) is 23.5. The second kappa shape index (κ2) is 17.0. The first-order chi connectivity index (χ1) is 19.9. The Morgan fingerprint density at radius 2 is 1.02 bits per heavy atom. The number of rotatable bonds is 11. The van der Waals surface area contributed by atoms with Crippen molar-refractivity contribution < 1.29 is 53.9 Å². The van der Waals surface area contributed by atoms with Gasteiger partial charge < -0.3 is 39.5 Å². The predicted molar refractivity (Wildman–Crippen MR) is 140 cm³/mol. The van der Waals surface area contributed by atoms with Gasteiger partial charge in [0, 0.05) is 72.0 Å². The third-order valence-corrected chi connectivity index (χ3v) is 6.37. The summed E-state index contributed by atoms with van der Waals surface area (Å²) in [5, 5.41) is 44.9. The minimum Gasteiger partial charge on any atom is -0.861 e. The zero-order chi connectivity index (χ0) is 31.2. The van der Waals surface area contributed by atoms with E-state index in [0.29, 0.717) is 0 Å². The summed E-state index contributed by atoms with van der Waals surface area (Å²) in [6, 6.07) is 3.80. The first-order valence-electron chi connectivity index (χ1n) is 13.0. The first-order valence-corrected chi connectivity index (χ1v) is 13.0. The number of aliphatic imine (C=N–C) groups is 1. The second-order valence-electron chi connectivity index (χ2n) is 9.50. The van der Waals surface area contributed by atoms with Crippen molar-refractivity contribution in [2.45, 2.75) is 0 Å². The molecule has 1 N–H and O–H groups in total. The van der Waals surface area contributed by atoms with Crippen molar-refractivity contribution in [2.24, 2.45) is 4.99 Å². The predicted octanol–water partition coefficient (Wildman–Crippen LogP) is -4.54. The van der Waals surface area contributed by atoms with Crippen molar-refractivity contribution in [1.29, 1.82) is 0 Å². The number of carbonyl (C=O) groups excluding carboxylic acids is 4. The largest absolute Gasteiger partial charge is 0.861 e. The molecule has 0 spiro atoms. The molecule has 1 saturated heterocycles. The van der Waals surface area contributed by atoms with Gasteiger partial charge in [-0.05, 0) is 24.1 Å². The standard InChI is InChI=1S/C26H37N5O11/c1-41-25(39)18-11-19(26(40)42-2)13-20(12-18)27-21(32)14-28-3-5-29(15-22(33)34)7-9-31(17-24(37)38)10-8-30(6-4-28)16-23(35)36/h11-13H,3-10,14-17H2,1-2H3,(H,27,32)(H,33,34)(H,35,36)(H,37,38)/p-3. The molecule has 1 aliphatic heterocycles. The zero-order valence-corrected chi connectivity index (χ0v) is 23.5. The van der Waals surface area contributed by atoms with Gasteiger partial charge in [0.15, 0.2) is 0 Å². The van der Waals surface area contributed by atoms with Crippen LogP contribution in [0.4, 0.5) is 5.69 Å². The quantitative estimate of drug-likeness (QED) is 0.145. The first kappa shape index (κ1) is 34.1. The minimum absolute atomic E-state index is 0.00771. The fourth-order valence-corrected chi connectivity index (χ4v) is 4.29. The highest BCUT2D eigenvalue weighted by Crippen LogP contribution is 2.20. The molecule has 0 radical (unpaired) electrons. The molecule has 0 aliphatic carbocycles. The molecule has 0 atom stereocenters. The highest BCUT2D eigenvalue weighted by molar-refractivity contribution is 5.97. The summed E-state index contributed by atoms with van der Waals surface area (Å²) in [7, 11) is 2.31. The summed E-state index contributed by atoms with van der Waals surface area (Å²) in [5.74, 6) is -5.88. The summed E-state index contributed by atoms with van der Waals surface area (Å²) in [5.41, 5.74) is -0.0366. The van der Waals surface area contributed by atoms with E-state index in [9.17, 15) is 44.4 Å². The average molecular weight is 593 g/mol. The molecule has 0 unspecified atom stereocenters. The average Bonchev–Trinajstić information content (AvgIpc) is 2.92. The van der Waals surface area contributed by atoms with Crippen molar-refractivity contribution in [1.82, 2.24) is 19.6 Å². The van der Waals surface area contributed by atoms with Gasteiger partial charge in [0.1, 0.15) is 0 Å². The van der Waals surface area contributed by atoms with Crippen LogP contribution in [0.2, 0.25) is 0 Å². The van der Waals surface area contributed by atoms with Gasteiger partial charge in [-0.15, -0.1) is 0 Å². The molecule has 16 nitrogen and oxygen atoms in total. The van der Waals surface area contributed by atoms with Gasteiger partial charge in [0.25, 0.3) is 0 Å². The van der Waals surface area contributed by atoms with E-state index in [-0.39, 0.29) is 82.3 Å². The molecule has 0 aromatic heterocycles. The maximum absolute atomic E-state index is 13.0. The van der Waals surface area contributed by atoms with E-state index >= 15 is 0 Å². The van der Waals surface area contributed by atoms with Crippen LogP contribution in [-0.2, 0) is 23.9 Å². The lowest BCUT2D eigenvalue weighted by Crippen LogP contribution is -2.51. The highest BCUT2D eigenvalue weighted by atomic mass is 16.5. The van der Waals surface area contributed by atoms with Crippen LogP contribution in [0.5, 0.6) is 0 Å². The Kier molecular flexibility index (Phi) is 13.8. The Labute approximate surface area is 242 Å². The van der Waals surface area contributed by atoms with Crippen molar-refractivity contribution in [3.05, 3.63) is 29.3 Å². The number of methoxy groups -OCH3 is 2. The Bertz CT molecular complexity index is 1090. The van der Waals surface area contributed by atoms with Gasteiger partial charge in [-0.2, -0.15) is 0 Å². The Balaban J connectivity index is 2.31. The lowest BCUT2D eigenvalue weighted by Gasteiger charge is -2.34. The number of carboxylic acids is 3. The number of carboxylic acid groups (broad SMARTS) is 3. The molecular formula is C26H34N5O11-3. The molecule has 1 heterocycles. The number of nitrogens with zero attached hydrogens (tertiary/aromatic N) is 5. The summed E-state index contributed by atoms with van der Waals surface area (Å²) in [6.45, 7) is 0.0907. The lowest BCUT2D eigenvalue weighted by molar-refractivity contribution is -0.307. The highest BCUT2D eigenvalue weighted by Gasteiger charge is 2.19. The molecule has 0 bridgehead atoms. The Hall–Kier alpha value is -4.12. The number of benzene rings is 1. The van der Waals surface area contributed by atoms with E-state index in [4.69, 9.17) is 9.47 Å². The molecule has 2 rings (SSSR count). The summed E-state index contributed by atoms with van der Waals surface area (Å²) < 4.78 is 9.39. The van der Waals surface area contributed by atoms with Crippen LogP contribution in [0.1, 0.15) is 20.7 Å². The topological polar surface area (TPSA) is 219 Å². The van der Waals surface area contributed by atoms with Crippen LogP contribution in [0.3, 0.4) is 0 Å². The molecule has 0 amide bonds. The summed E-state index contributed by atoms with van der Waals surface area (Å²) >= 11 is 0. The Morgan fingerprint density at radius 1 is 0.667 bits per heavy atom. The van der Waals surface area contributed by atoms with Crippen LogP contribution in [-0.4, -0.2) is 153 Å². The van der Waals surface area contributed by atoms with E-state index < -0.39 is 48.8 Å². The maximum atomic E-state index is 13.0. The smallest absolute Gasteiger partial charge is 0.337 e. The Morgan fingerprint density at radius 3 is 1.36 bits per heavy atom. The molecule has 232 valence electrons. The van der Waals surface area contributed by atoms with Gasteiger partial charge in [0.2, 0.25) is 0 Å². The third kappa shape index (κ3) is 12.2. The van der Waals surface area contributed by atoms with Gasteiger partial charge in [-0.25, -0.2) is 9.59 Å². The van der Waals surface area contributed by atoms with Crippen molar-refractivity contribution in [3.63, 3.8) is 0 Å². The molecule has 1 aromatic rings. The number of hydrogen-bond donors (Lipinski definition) is 1. The van der Waals surface area contributed by atoms with Crippen LogP contribution in [0.25, 0.3) is 0 Å². The monoisotopic (exact) mass is 592 g/mol. The van der Waals surface area contributed by atoms with E-state index in [1.165, 1.54) is 18.2 Å². The van der Waals surface area contributed by atoms with Crippen molar-refractivity contribution in [2.75, 3.05) is 92.8 Å². The molecule has 1 fully saturated rings. The van der Waals surface area contributed by atoms with E-state index in [1.807, 2.05) is 0 Å². The van der Waals surface area contributed by atoms with Crippen molar-refractivity contribution >= 4 is 41.4 Å². The molecule has 1 aliphatic rings. The number of aliphatic carboxylic acids is 3. The van der Waals surface area contributed by atoms with Crippen LogP contribution >= 0.6 is 0 Å². The van der Waals surface area contributed by atoms with Crippen LogP contribution < -0.4 is 15.3 Å². The summed E-state index contributed by atoms with van der Waals surface area (Å²) in [4.78, 5) is 68.5. The molecule has 42 heavy (non-hydrogen) atoms. The maximum Gasteiger partial charge on any atom is 0.337 e. The van der Waals surface area contributed by atoms with E-state index in [2.05, 4.69) is 4.99 Å². The molecule has 0 saturated carbocycles. The fraction of sp³-hybridized carbons (Fsp3) is 0.538. The summed E-state index contributed by atoms with van der Waals surface area (Å²) in [6.07, 6.45) is 0.